The van der Waals surface area contributed by atoms with E-state index in [1.807, 2.05) is 0 Å². The van der Waals surface area contributed by atoms with Crippen molar-refractivity contribution in [3.05, 3.63) is 58.1 Å². The summed E-state index contributed by atoms with van der Waals surface area (Å²) in [7, 11) is 0. The van der Waals surface area contributed by atoms with Crippen LogP contribution in [-0.4, -0.2) is 41.2 Å². The second-order valence-corrected chi connectivity index (χ2v) is 8.72. The number of ether oxygens (including phenoxy) is 3. The summed E-state index contributed by atoms with van der Waals surface area (Å²) in [5, 5.41) is 3.16. The number of benzene rings is 2. The first-order chi connectivity index (χ1) is 17.1. The predicted molar refractivity (Wildman–Crippen MR) is 129 cm³/mol. The average molecular weight is 478 g/mol. The van der Waals surface area contributed by atoms with Crippen molar-refractivity contribution in [3.8, 4) is 11.5 Å². The fourth-order valence-electron chi connectivity index (χ4n) is 4.37. The first-order valence-corrected chi connectivity index (χ1v) is 12.0. The second kappa shape index (κ2) is 10.2. The summed E-state index contributed by atoms with van der Waals surface area (Å²) in [4.78, 5) is 42.6. The highest BCUT2D eigenvalue weighted by molar-refractivity contribution is 5.97. The van der Waals surface area contributed by atoms with Crippen LogP contribution < -0.4 is 20.3 Å². The van der Waals surface area contributed by atoms with Crippen molar-refractivity contribution in [2.75, 3.05) is 25.1 Å². The third kappa shape index (κ3) is 5.13. The van der Waals surface area contributed by atoms with Gasteiger partial charge in [-0.2, -0.15) is 0 Å². The number of anilines is 1. The van der Waals surface area contributed by atoms with Crippen LogP contribution >= 0.6 is 0 Å². The van der Waals surface area contributed by atoms with Crippen LogP contribution in [0.3, 0.4) is 0 Å². The molecule has 9 heteroatoms. The number of rotatable bonds is 4. The Balaban J connectivity index is 1.25. The van der Waals surface area contributed by atoms with Gasteiger partial charge in [0.25, 0.3) is 11.5 Å². The first-order valence-electron chi connectivity index (χ1n) is 12.0. The highest BCUT2D eigenvalue weighted by atomic mass is 16.5. The van der Waals surface area contributed by atoms with E-state index in [1.165, 1.54) is 6.07 Å². The van der Waals surface area contributed by atoms with E-state index in [9.17, 15) is 14.4 Å². The summed E-state index contributed by atoms with van der Waals surface area (Å²) in [6.45, 7) is 1.33. The standard InChI is InChI=1S/C26H27N3O6/c30-24(27-18-8-10-21-22(15-18)34-13-5-12-33-21)16-35-26(32)17-7-9-19-20(14-17)28-23-6-3-1-2-4-11-29(23)25(19)31/h7-10,14-15H,1-6,11-13,16H2,(H,27,30). The molecule has 2 aliphatic heterocycles. The zero-order valence-electron chi connectivity index (χ0n) is 19.4. The smallest absolute Gasteiger partial charge is 0.338 e. The zero-order chi connectivity index (χ0) is 24.2. The molecule has 0 bridgehead atoms. The molecule has 0 saturated carbocycles. The van der Waals surface area contributed by atoms with Gasteiger partial charge in [0.05, 0.1) is 29.7 Å². The highest BCUT2D eigenvalue weighted by Gasteiger charge is 2.17. The Morgan fingerprint density at radius 2 is 1.80 bits per heavy atom. The summed E-state index contributed by atoms with van der Waals surface area (Å²) in [5.41, 5.74) is 1.14. The fourth-order valence-corrected chi connectivity index (χ4v) is 4.37. The molecule has 0 radical (unpaired) electrons. The first kappa shape index (κ1) is 22.9. The average Bonchev–Trinajstić information content (AvgIpc) is 3.08. The Morgan fingerprint density at radius 1 is 0.971 bits per heavy atom. The number of amides is 1. The summed E-state index contributed by atoms with van der Waals surface area (Å²) in [6.07, 6.45) is 5.69. The van der Waals surface area contributed by atoms with Gasteiger partial charge in [-0.3, -0.25) is 14.2 Å². The van der Waals surface area contributed by atoms with E-state index in [-0.39, 0.29) is 11.1 Å². The largest absolute Gasteiger partial charge is 0.490 e. The SMILES string of the molecule is O=C(COC(=O)c1ccc2c(=O)n3c(nc2c1)CCCCCC3)Nc1ccc2c(c1)OCCCO2. The van der Waals surface area contributed by atoms with Crippen LogP contribution in [0.15, 0.2) is 41.2 Å². The number of fused-ring (bicyclic) bond motifs is 3. The number of carbonyl (C=O) groups excluding carboxylic acids is 2. The lowest BCUT2D eigenvalue weighted by Gasteiger charge is -2.16. The predicted octanol–water partition coefficient (Wildman–Crippen LogP) is 3.47. The minimum absolute atomic E-state index is 0.0821. The molecule has 0 unspecified atom stereocenters. The Kier molecular flexibility index (Phi) is 6.65. The maximum Gasteiger partial charge on any atom is 0.338 e. The van der Waals surface area contributed by atoms with Crippen LogP contribution in [0.2, 0.25) is 0 Å². The molecule has 1 N–H and O–H groups in total. The maximum absolute atomic E-state index is 13.0. The monoisotopic (exact) mass is 477 g/mol. The van der Waals surface area contributed by atoms with Gasteiger partial charge >= 0.3 is 5.97 Å². The number of hydrogen-bond donors (Lipinski definition) is 1. The summed E-state index contributed by atoms with van der Waals surface area (Å²) in [5.74, 6) is 0.803. The molecule has 182 valence electrons. The Morgan fingerprint density at radius 3 is 2.69 bits per heavy atom. The van der Waals surface area contributed by atoms with Crippen molar-refractivity contribution >= 4 is 28.5 Å². The van der Waals surface area contributed by atoms with Crippen LogP contribution in [0.5, 0.6) is 11.5 Å². The van der Waals surface area contributed by atoms with Crippen molar-refractivity contribution in [1.29, 1.82) is 0 Å². The zero-order valence-corrected chi connectivity index (χ0v) is 19.4. The molecule has 5 rings (SSSR count). The summed E-state index contributed by atoms with van der Waals surface area (Å²) < 4.78 is 18.2. The molecule has 0 aliphatic carbocycles. The Labute approximate surface area is 202 Å². The van der Waals surface area contributed by atoms with E-state index in [0.717, 1.165) is 44.3 Å². The fraction of sp³-hybridized carbons (Fsp3) is 0.385. The van der Waals surface area contributed by atoms with Gasteiger partial charge in [0.15, 0.2) is 18.1 Å². The quantitative estimate of drug-likeness (QED) is 0.573. The van der Waals surface area contributed by atoms with Gasteiger partial charge in [0, 0.05) is 31.1 Å². The lowest BCUT2D eigenvalue weighted by molar-refractivity contribution is -0.119. The third-order valence-electron chi connectivity index (χ3n) is 6.17. The van der Waals surface area contributed by atoms with E-state index in [4.69, 9.17) is 14.2 Å². The number of esters is 1. The van der Waals surface area contributed by atoms with E-state index in [0.29, 0.717) is 47.8 Å². The van der Waals surface area contributed by atoms with Crippen molar-refractivity contribution in [1.82, 2.24) is 9.55 Å². The highest BCUT2D eigenvalue weighted by Crippen LogP contribution is 2.32. The van der Waals surface area contributed by atoms with E-state index in [1.54, 1.807) is 34.9 Å². The van der Waals surface area contributed by atoms with Gasteiger partial charge in [0.1, 0.15) is 5.82 Å². The molecular weight excluding hydrogens is 450 g/mol. The normalized spacial score (nSPS) is 15.3. The number of nitrogens with zero attached hydrogens (tertiary/aromatic N) is 2. The molecule has 2 aliphatic rings. The molecule has 0 atom stereocenters. The minimum Gasteiger partial charge on any atom is -0.490 e. The molecule has 3 aromatic rings. The van der Waals surface area contributed by atoms with Gasteiger partial charge in [-0.05, 0) is 43.2 Å². The van der Waals surface area contributed by atoms with E-state index in [2.05, 4.69) is 10.3 Å². The van der Waals surface area contributed by atoms with Gasteiger partial charge in [-0.1, -0.05) is 12.8 Å². The van der Waals surface area contributed by atoms with Gasteiger partial charge in [-0.25, -0.2) is 9.78 Å². The van der Waals surface area contributed by atoms with E-state index >= 15 is 0 Å². The van der Waals surface area contributed by atoms with E-state index < -0.39 is 18.5 Å². The van der Waals surface area contributed by atoms with Gasteiger partial charge in [-0.15, -0.1) is 0 Å². The van der Waals surface area contributed by atoms with Crippen molar-refractivity contribution < 1.29 is 23.8 Å². The lowest BCUT2D eigenvalue weighted by Crippen LogP contribution is -2.26. The molecule has 0 fully saturated rings. The van der Waals surface area contributed by atoms with Gasteiger partial charge in [0.2, 0.25) is 0 Å². The molecule has 1 amide bonds. The molecule has 1 aromatic heterocycles. The number of carbonyl (C=O) groups is 2. The van der Waals surface area contributed by atoms with Crippen LogP contribution in [0.25, 0.3) is 10.9 Å². The Bertz CT molecular complexity index is 1330. The molecule has 0 saturated heterocycles. The van der Waals surface area contributed by atoms with Crippen LogP contribution in [0.1, 0.15) is 48.3 Å². The molecular formula is C26H27N3O6. The number of nitrogens with one attached hydrogen (secondary N) is 1. The number of aryl methyl sites for hydroxylation is 1. The maximum atomic E-state index is 13.0. The van der Waals surface area contributed by atoms with Crippen LogP contribution in [-0.2, 0) is 22.5 Å². The molecule has 0 spiro atoms. The van der Waals surface area contributed by atoms with Crippen LogP contribution in [0.4, 0.5) is 5.69 Å². The van der Waals surface area contributed by atoms with Crippen molar-refractivity contribution in [2.24, 2.45) is 0 Å². The van der Waals surface area contributed by atoms with Crippen molar-refractivity contribution in [3.63, 3.8) is 0 Å². The van der Waals surface area contributed by atoms with Crippen molar-refractivity contribution in [2.45, 2.75) is 45.1 Å². The minimum atomic E-state index is -0.658. The summed E-state index contributed by atoms with van der Waals surface area (Å²) >= 11 is 0. The number of aromatic nitrogens is 2. The Hall–Kier alpha value is -3.88. The second-order valence-electron chi connectivity index (χ2n) is 8.72. The molecule has 2 aromatic carbocycles. The molecule has 3 heterocycles. The van der Waals surface area contributed by atoms with Gasteiger partial charge < -0.3 is 19.5 Å². The molecule has 9 nitrogen and oxygen atoms in total. The lowest BCUT2D eigenvalue weighted by atomic mass is 10.1. The summed E-state index contributed by atoms with van der Waals surface area (Å²) in [6, 6.07) is 9.80. The topological polar surface area (TPSA) is 109 Å². The third-order valence-corrected chi connectivity index (χ3v) is 6.17. The van der Waals surface area contributed by atoms with Crippen LogP contribution in [0, 0.1) is 0 Å². The molecule has 35 heavy (non-hydrogen) atoms. The number of hydrogen-bond acceptors (Lipinski definition) is 7.